The van der Waals surface area contributed by atoms with Crippen LogP contribution in [0.25, 0.3) is 0 Å². The van der Waals surface area contributed by atoms with E-state index < -0.39 is 18.0 Å². The van der Waals surface area contributed by atoms with Crippen molar-refractivity contribution in [2.24, 2.45) is 0 Å². The van der Waals surface area contributed by atoms with Crippen LogP contribution < -0.4 is 5.32 Å². The van der Waals surface area contributed by atoms with Crippen LogP contribution in [-0.2, 0) is 9.53 Å². The van der Waals surface area contributed by atoms with Gasteiger partial charge in [0.05, 0.1) is 5.56 Å². The minimum absolute atomic E-state index is 0.196. The fourth-order valence-corrected chi connectivity index (χ4v) is 2.81. The van der Waals surface area contributed by atoms with E-state index in [1.54, 1.807) is 24.3 Å². The minimum Gasteiger partial charge on any atom is -0.388 e. The Balaban J connectivity index is 2.11. The first-order valence-corrected chi connectivity index (χ1v) is 7.09. The Morgan fingerprint density at radius 2 is 1.90 bits per heavy atom. The molecular formula is C16H22N2O3. The zero-order chi connectivity index (χ0) is 15.6. The van der Waals surface area contributed by atoms with Gasteiger partial charge in [0.1, 0.15) is 6.04 Å². The van der Waals surface area contributed by atoms with Gasteiger partial charge >= 0.3 is 11.9 Å². The molecule has 1 aromatic rings. The molecule has 5 nitrogen and oxygen atoms in total. The predicted molar refractivity (Wildman–Crippen MR) is 80.0 cm³/mol. The number of rotatable bonds is 3. The van der Waals surface area contributed by atoms with Crippen molar-refractivity contribution in [3.63, 3.8) is 0 Å². The van der Waals surface area contributed by atoms with E-state index in [0.29, 0.717) is 5.56 Å². The molecule has 1 aliphatic rings. The fourth-order valence-electron chi connectivity index (χ4n) is 2.81. The van der Waals surface area contributed by atoms with Gasteiger partial charge in [-0.2, -0.15) is 0 Å². The second-order valence-corrected chi connectivity index (χ2v) is 6.03. The summed E-state index contributed by atoms with van der Waals surface area (Å²) in [5.41, 5.74) is 0.0106. The zero-order valence-corrected chi connectivity index (χ0v) is 12.9. The third-order valence-corrected chi connectivity index (χ3v) is 4.25. The number of carbonyl (C=O) groups excluding carboxylic acids is 2. The summed E-state index contributed by atoms with van der Waals surface area (Å²) >= 11 is 0. The van der Waals surface area contributed by atoms with Crippen molar-refractivity contribution >= 4 is 11.9 Å². The summed E-state index contributed by atoms with van der Waals surface area (Å²) in [4.78, 5) is 26.4. The van der Waals surface area contributed by atoms with Gasteiger partial charge in [-0.15, -0.1) is 0 Å². The maximum absolute atomic E-state index is 12.4. The van der Waals surface area contributed by atoms with Gasteiger partial charge in [0.15, 0.2) is 0 Å². The summed E-state index contributed by atoms with van der Waals surface area (Å²) < 4.78 is 5.05. The van der Waals surface area contributed by atoms with Crippen molar-refractivity contribution in [2.45, 2.75) is 37.9 Å². The number of ether oxygens (including phenoxy) is 1. The molecule has 2 unspecified atom stereocenters. The number of carbonyl (C=O) groups is 2. The largest absolute Gasteiger partial charge is 0.388 e. The molecular weight excluding hydrogens is 268 g/mol. The Hall–Kier alpha value is -1.72. The quantitative estimate of drug-likeness (QED) is 0.674. The third kappa shape index (κ3) is 3.14. The van der Waals surface area contributed by atoms with Gasteiger partial charge in [0, 0.05) is 11.6 Å². The number of hydrogen-bond donors (Lipinski definition) is 1. The number of esters is 2. The van der Waals surface area contributed by atoms with Gasteiger partial charge in [0.25, 0.3) is 0 Å². The molecule has 2 rings (SSSR count). The molecule has 21 heavy (non-hydrogen) atoms. The molecule has 3 atom stereocenters. The molecule has 0 radical (unpaired) electrons. The molecule has 1 aliphatic heterocycles. The summed E-state index contributed by atoms with van der Waals surface area (Å²) in [6.07, 6.45) is 0.819. The Kier molecular flexibility index (Phi) is 4.44. The highest BCUT2D eigenvalue weighted by atomic mass is 16.6. The van der Waals surface area contributed by atoms with E-state index >= 15 is 0 Å². The molecule has 1 aromatic carbocycles. The van der Waals surface area contributed by atoms with E-state index in [2.05, 4.69) is 5.32 Å². The lowest BCUT2D eigenvalue weighted by molar-refractivity contribution is -0.142. The average molecular weight is 290 g/mol. The summed E-state index contributed by atoms with van der Waals surface area (Å²) in [5.74, 6) is -1.13. The Labute approximate surface area is 125 Å². The van der Waals surface area contributed by atoms with E-state index in [4.69, 9.17) is 4.74 Å². The van der Waals surface area contributed by atoms with Gasteiger partial charge in [-0.25, -0.2) is 9.59 Å². The Bertz CT molecular complexity index is 530. The van der Waals surface area contributed by atoms with Gasteiger partial charge in [-0.1, -0.05) is 18.2 Å². The summed E-state index contributed by atoms with van der Waals surface area (Å²) in [6.45, 7) is 4.02. The molecule has 0 amide bonds. The van der Waals surface area contributed by atoms with Crippen molar-refractivity contribution in [1.29, 1.82) is 0 Å². The van der Waals surface area contributed by atoms with Crippen LogP contribution in [0.5, 0.6) is 0 Å². The van der Waals surface area contributed by atoms with Crippen LogP contribution in [0, 0.1) is 0 Å². The van der Waals surface area contributed by atoms with Crippen LogP contribution in [0.4, 0.5) is 0 Å². The first-order valence-electron chi connectivity index (χ1n) is 7.09. The SMILES string of the molecule is CC1CC(C)(N(C)C)[C@@H](C(=O)OC(=O)c2ccccc2)N1. The van der Waals surface area contributed by atoms with Crippen LogP contribution in [0.1, 0.15) is 30.6 Å². The highest BCUT2D eigenvalue weighted by molar-refractivity contribution is 5.98. The highest BCUT2D eigenvalue weighted by Crippen LogP contribution is 2.30. The topological polar surface area (TPSA) is 58.6 Å². The average Bonchev–Trinajstić information content (AvgIpc) is 2.76. The van der Waals surface area contributed by atoms with E-state index in [1.165, 1.54) is 0 Å². The molecule has 0 bridgehead atoms. The molecule has 0 saturated carbocycles. The molecule has 1 heterocycles. The maximum Gasteiger partial charge on any atom is 0.345 e. The first-order chi connectivity index (χ1) is 9.84. The Morgan fingerprint density at radius 1 is 1.29 bits per heavy atom. The summed E-state index contributed by atoms with van der Waals surface area (Å²) in [5, 5.41) is 3.21. The van der Waals surface area contributed by atoms with E-state index in [-0.39, 0.29) is 11.6 Å². The highest BCUT2D eigenvalue weighted by Gasteiger charge is 2.49. The number of nitrogens with one attached hydrogen (secondary N) is 1. The van der Waals surface area contributed by atoms with E-state index in [1.807, 2.05) is 38.9 Å². The lowest BCUT2D eigenvalue weighted by atomic mass is 9.90. The lowest BCUT2D eigenvalue weighted by Crippen LogP contribution is -2.55. The minimum atomic E-state index is -0.608. The van der Waals surface area contributed by atoms with Crippen molar-refractivity contribution in [2.75, 3.05) is 14.1 Å². The van der Waals surface area contributed by atoms with Crippen LogP contribution in [0.3, 0.4) is 0 Å². The van der Waals surface area contributed by atoms with Gasteiger partial charge < -0.3 is 15.0 Å². The van der Waals surface area contributed by atoms with Crippen LogP contribution in [-0.4, -0.2) is 48.6 Å². The molecule has 1 saturated heterocycles. The molecule has 5 heteroatoms. The first kappa shape index (κ1) is 15.7. The maximum atomic E-state index is 12.4. The number of nitrogens with zero attached hydrogens (tertiary/aromatic N) is 1. The second kappa shape index (κ2) is 5.95. The number of hydrogen-bond acceptors (Lipinski definition) is 5. The van der Waals surface area contributed by atoms with Crippen LogP contribution >= 0.6 is 0 Å². The third-order valence-electron chi connectivity index (χ3n) is 4.25. The number of benzene rings is 1. The van der Waals surface area contributed by atoms with Crippen LogP contribution in [0.15, 0.2) is 30.3 Å². The van der Waals surface area contributed by atoms with Crippen molar-refractivity contribution in [1.82, 2.24) is 10.2 Å². The lowest BCUT2D eigenvalue weighted by Gasteiger charge is -2.36. The smallest absolute Gasteiger partial charge is 0.345 e. The molecule has 0 aliphatic carbocycles. The molecule has 1 fully saturated rings. The fraction of sp³-hybridized carbons (Fsp3) is 0.500. The Morgan fingerprint density at radius 3 is 2.48 bits per heavy atom. The summed E-state index contributed by atoms with van der Waals surface area (Å²) in [6, 6.07) is 8.22. The monoisotopic (exact) mass is 290 g/mol. The molecule has 1 N–H and O–H groups in total. The normalized spacial score (nSPS) is 28.6. The van der Waals surface area contributed by atoms with Crippen LogP contribution in [0.2, 0.25) is 0 Å². The number of likely N-dealkylation sites (N-methyl/N-ethyl adjacent to an activating group) is 1. The summed E-state index contributed by atoms with van der Waals surface area (Å²) in [7, 11) is 3.86. The van der Waals surface area contributed by atoms with Gasteiger partial charge in [0.2, 0.25) is 0 Å². The standard InChI is InChI=1S/C16H22N2O3/c1-11-10-16(2,18(3)4)13(17-11)15(20)21-14(19)12-8-6-5-7-9-12/h5-9,11,13,17H,10H2,1-4H3/t11?,13-,16?/m1/s1. The van der Waals surface area contributed by atoms with E-state index in [9.17, 15) is 9.59 Å². The predicted octanol–water partition coefficient (Wildman–Crippen LogP) is 1.44. The van der Waals surface area contributed by atoms with Crippen molar-refractivity contribution in [3.05, 3.63) is 35.9 Å². The van der Waals surface area contributed by atoms with E-state index in [0.717, 1.165) is 6.42 Å². The van der Waals surface area contributed by atoms with Gasteiger partial charge in [-0.3, -0.25) is 0 Å². The second-order valence-electron chi connectivity index (χ2n) is 6.03. The van der Waals surface area contributed by atoms with Crippen molar-refractivity contribution in [3.8, 4) is 0 Å². The van der Waals surface area contributed by atoms with Gasteiger partial charge in [-0.05, 0) is 46.5 Å². The molecule has 0 spiro atoms. The zero-order valence-electron chi connectivity index (χ0n) is 12.9. The molecule has 0 aromatic heterocycles. The molecule has 114 valence electrons. The van der Waals surface area contributed by atoms with Crippen molar-refractivity contribution < 1.29 is 14.3 Å².